The molecule has 1 aliphatic carbocycles. The van der Waals surface area contributed by atoms with E-state index in [-0.39, 0.29) is 33.7 Å². The number of hydrogen-bond acceptors (Lipinski definition) is 5. The molecule has 33 heavy (non-hydrogen) atoms. The number of hydrogen-bond donors (Lipinski definition) is 0. The van der Waals surface area contributed by atoms with Gasteiger partial charge in [0.1, 0.15) is 11.6 Å². The Bertz CT molecular complexity index is 1110. The summed E-state index contributed by atoms with van der Waals surface area (Å²) in [4.78, 5) is 33.2. The number of Topliss-reactive ketones (excluding diaryl/α,β-unsaturated/α-hetero) is 1. The highest BCUT2D eigenvalue weighted by Gasteiger charge is 2.38. The summed E-state index contributed by atoms with van der Waals surface area (Å²) >= 11 is 6.10. The number of nitrogens with zero attached hydrogens (tertiary/aromatic N) is 3. The number of anilines is 1. The number of pyridine rings is 1. The normalized spacial score (nSPS) is 18.8. The average molecular weight is 484 g/mol. The molecule has 0 atom stereocenters. The highest BCUT2D eigenvalue weighted by atomic mass is 35.5. The van der Waals surface area contributed by atoms with Crippen LogP contribution in [0.3, 0.4) is 0 Å². The Morgan fingerprint density at radius 2 is 1.91 bits per heavy atom. The van der Waals surface area contributed by atoms with Crippen molar-refractivity contribution in [3.8, 4) is 0 Å². The molecule has 0 radical (unpaired) electrons. The predicted molar refractivity (Wildman–Crippen MR) is 117 cm³/mol. The smallest absolute Gasteiger partial charge is 0.417 e. The molecule has 1 amide bonds. The molecule has 1 saturated heterocycles. The van der Waals surface area contributed by atoms with Gasteiger partial charge in [0.25, 0.3) is 5.91 Å². The molecule has 0 saturated carbocycles. The maximum absolute atomic E-state index is 13.3. The lowest BCUT2D eigenvalue weighted by molar-refractivity contribution is -0.137. The van der Waals surface area contributed by atoms with E-state index in [4.69, 9.17) is 16.0 Å². The molecule has 0 aromatic carbocycles. The van der Waals surface area contributed by atoms with Crippen LogP contribution in [-0.2, 0) is 12.6 Å². The van der Waals surface area contributed by atoms with Crippen molar-refractivity contribution < 1.29 is 27.2 Å². The molecular weight excluding hydrogens is 459 g/mol. The van der Waals surface area contributed by atoms with Gasteiger partial charge in [0.15, 0.2) is 11.5 Å². The molecule has 10 heteroatoms. The molecule has 2 aliphatic rings. The van der Waals surface area contributed by atoms with E-state index in [2.05, 4.69) is 4.98 Å². The molecule has 1 aliphatic heterocycles. The molecule has 4 rings (SSSR count). The Hall–Kier alpha value is -2.55. The number of ketones is 1. The third kappa shape index (κ3) is 4.60. The summed E-state index contributed by atoms with van der Waals surface area (Å²) in [6.45, 7) is 7.34. The number of aromatic nitrogens is 1. The topological polar surface area (TPSA) is 66.7 Å². The first-order valence-electron chi connectivity index (χ1n) is 10.8. The summed E-state index contributed by atoms with van der Waals surface area (Å²) in [6, 6.07) is 0.868. The van der Waals surface area contributed by atoms with Crippen molar-refractivity contribution in [2.75, 3.05) is 31.1 Å². The van der Waals surface area contributed by atoms with Gasteiger partial charge in [-0.25, -0.2) is 4.98 Å². The van der Waals surface area contributed by atoms with Gasteiger partial charge in [0, 0.05) is 50.8 Å². The molecule has 3 heterocycles. The van der Waals surface area contributed by atoms with Gasteiger partial charge >= 0.3 is 6.18 Å². The zero-order valence-electron chi connectivity index (χ0n) is 18.7. The molecule has 2 aromatic rings. The summed E-state index contributed by atoms with van der Waals surface area (Å²) in [7, 11) is 0. The average Bonchev–Trinajstić information content (AvgIpc) is 2.87. The first-order chi connectivity index (χ1) is 15.4. The van der Waals surface area contributed by atoms with Gasteiger partial charge in [-0.2, -0.15) is 13.2 Å². The third-order valence-electron chi connectivity index (χ3n) is 6.20. The minimum atomic E-state index is -4.52. The van der Waals surface area contributed by atoms with Crippen LogP contribution in [0.15, 0.2) is 16.7 Å². The van der Waals surface area contributed by atoms with Crippen LogP contribution in [0.2, 0.25) is 5.02 Å². The van der Waals surface area contributed by atoms with E-state index in [1.807, 2.05) is 13.8 Å². The third-order valence-corrected chi connectivity index (χ3v) is 6.48. The van der Waals surface area contributed by atoms with Crippen molar-refractivity contribution >= 4 is 29.1 Å². The maximum Gasteiger partial charge on any atom is 0.417 e. The van der Waals surface area contributed by atoms with Crippen LogP contribution in [0.25, 0.3) is 0 Å². The fraction of sp³-hybridized carbons (Fsp3) is 0.522. The van der Waals surface area contributed by atoms with Gasteiger partial charge in [-0.15, -0.1) is 0 Å². The Morgan fingerprint density at radius 3 is 2.58 bits per heavy atom. The summed E-state index contributed by atoms with van der Waals surface area (Å²) in [6.07, 6.45) is -2.17. The molecule has 0 unspecified atom stereocenters. The van der Waals surface area contributed by atoms with Crippen molar-refractivity contribution in [3.63, 3.8) is 0 Å². The Morgan fingerprint density at radius 1 is 1.18 bits per heavy atom. The number of alkyl halides is 3. The standard InChI is InChI=1S/C23H25ClF3N3O3/c1-13-18-16(31)10-22(2,3)11-17(18)33-19(13)21(32)30-6-4-5-29(7-8-30)20-15(24)9-14(12-28-20)23(25,26)27/h9,12H,4-8,10-11H2,1-3H3. The lowest BCUT2D eigenvalue weighted by Crippen LogP contribution is -2.35. The van der Waals surface area contributed by atoms with Crippen LogP contribution in [0, 0.1) is 12.3 Å². The van der Waals surface area contributed by atoms with E-state index in [1.54, 1.807) is 16.7 Å². The minimum absolute atomic E-state index is 0.00777. The van der Waals surface area contributed by atoms with Gasteiger partial charge in [-0.3, -0.25) is 9.59 Å². The summed E-state index contributed by atoms with van der Waals surface area (Å²) in [5.41, 5.74) is -0.0251. The fourth-order valence-electron chi connectivity index (χ4n) is 4.58. The van der Waals surface area contributed by atoms with Crippen LogP contribution in [0.1, 0.15) is 64.5 Å². The monoisotopic (exact) mass is 483 g/mol. The largest absolute Gasteiger partial charge is 0.455 e. The van der Waals surface area contributed by atoms with Crippen molar-refractivity contribution in [2.24, 2.45) is 5.41 Å². The van der Waals surface area contributed by atoms with Crippen molar-refractivity contribution in [3.05, 3.63) is 45.5 Å². The number of furan rings is 1. The molecular formula is C23H25ClF3N3O3. The molecule has 1 fully saturated rings. The van der Waals surface area contributed by atoms with E-state index in [0.717, 1.165) is 12.3 Å². The highest BCUT2D eigenvalue weighted by Crippen LogP contribution is 2.39. The molecule has 0 bridgehead atoms. The number of rotatable bonds is 2. The maximum atomic E-state index is 13.3. The highest BCUT2D eigenvalue weighted by molar-refractivity contribution is 6.33. The SMILES string of the molecule is Cc1c(C(=O)N2CCCN(c3ncc(C(F)(F)F)cc3Cl)CC2)oc2c1C(=O)CC(C)(C)C2. The van der Waals surface area contributed by atoms with E-state index in [9.17, 15) is 22.8 Å². The second-order valence-electron chi connectivity index (χ2n) is 9.46. The first kappa shape index (κ1) is 23.6. The second-order valence-corrected chi connectivity index (χ2v) is 9.86. The van der Waals surface area contributed by atoms with Crippen molar-refractivity contribution in [2.45, 2.75) is 46.2 Å². The van der Waals surface area contributed by atoms with Crippen molar-refractivity contribution in [1.82, 2.24) is 9.88 Å². The Kier molecular flexibility index (Phi) is 5.97. The zero-order valence-corrected chi connectivity index (χ0v) is 19.4. The zero-order chi connectivity index (χ0) is 24.1. The summed E-state index contributed by atoms with van der Waals surface area (Å²) in [5, 5.41) is -0.0831. The van der Waals surface area contributed by atoms with Gasteiger partial charge in [0.2, 0.25) is 0 Å². The Labute approximate surface area is 194 Å². The second kappa shape index (κ2) is 8.34. The van der Waals surface area contributed by atoms with Gasteiger partial charge in [-0.1, -0.05) is 25.4 Å². The predicted octanol–water partition coefficient (Wildman–Crippen LogP) is 5.16. The number of carbonyl (C=O) groups excluding carboxylic acids is 2. The van der Waals surface area contributed by atoms with Crippen LogP contribution in [-0.4, -0.2) is 47.8 Å². The lowest BCUT2D eigenvalue weighted by atomic mass is 9.76. The minimum Gasteiger partial charge on any atom is -0.455 e. The lowest BCUT2D eigenvalue weighted by Gasteiger charge is -2.27. The quantitative estimate of drug-likeness (QED) is 0.590. The molecule has 0 N–H and O–H groups in total. The van der Waals surface area contributed by atoms with Gasteiger partial charge in [0.05, 0.1) is 16.1 Å². The number of halogens is 4. The van der Waals surface area contributed by atoms with E-state index < -0.39 is 11.7 Å². The van der Waals surface area contributed by atoms with Crippen LogP contribution >= 0.6 is 11.6 Å². The summed E-state index contributed by atoms with van der Waals surface area (Å²) < 4.78 is 44.6. The molecule has 6 nitrogen and oxygen atoms in total. The van der Waals surface area contributed by atoms with Gasteiger partial charge in [-0.05, 0) is 24.8 Å². The number of carbonyl (C=O) groups is 2. The van der Waals surface area contributed by atoms with E-state index in [0.29, 0.717) is 62.3 Å². The van der Waals surface area contributed by atoms with Crippen LogP contribution in [0.4, 0.5) is 19.0 Å². The van der Waals surface area contributed by atoms with Crippen LogP contribution in [0.5, 0.6) is 0 Å². The molecule has 0 spiro atoms. The van der Waals surface area contributed by atoms with Gasteiger partial charge < -0.3 is 14.2 Å². The molecule has 178 valence electrons. The Balaban J connectivity index is 1.51. The molecule has 2 aromatic heterocycles. The number of amides is 1. The first-order valence-corrected chi connectivity index (χ1v) is 11.2. The van der Waals surface area contributed by atoms with E-state index >= 15 is 0 Å². The van der Waals surface area contributed by atoms with Crippen molar-refractivity contribution in [1.29, 1.82) is 0 Å². The van der Waals surface area contributed by atoms with E-state index in [1.165, 1.54) is 0 Å². The number of fused-ring (bicyclic) bond motifs is 1. The summed E-state index contributed by atoms with van der Waals surface area (Å²) in [5.74, 6) is 0.711. The van der Waals surface area contributed by atoms with Crippen LogP contribution < -0.4 is 4.90 Å². The fourth-order valence-corrected chi connectivity index (χ4v) is 4.87.